The highest BCUT2D eigenvalue weighted by Crippen LogP contribution is 2.22. The Bertz CT molecular complexity index is 539. The Hall–Kier alpha value is -1.88. The number of hydrogen-bond acceptors (Lipinski definition) is 4. The van der Waals surface area contributed by atoms with Crippen molar-refractivity contribution < 1.29 is 4.39 Å². The lowest BCUT2D eigenvalue weighted by molar-refractivity contribution is 0.628. The van der Waals surface area contributed by atoms with Crippen molar-refractivity contribution in [2.24, 2.45) is 0 Å². The molecule has 0 fully saturated rings. The fourth-order valence-corrected chi connectivity index (χ4v) is 1.56. The molecular weight excluding hydrogens is 243 g/mol. The van der Waals surface area contributed by atoms with Crippen molar-refractivity contribution in [3.8, 4) is 0 Å². The number of hydrogen-bond donors (Lipinski definition) is 2. The quantitative estimate of drug-likeness (QED) is 0.807. The highest BCUT2D eigenvalue weighted by atomic mass is 35.5. The summed E-state index contributed by atoms with van der Waals surface area (Å²) in [5, 5.41) is 3.17. The normalized spacial score (nSPS) is 10.3. The van der Waals surface area contributed by atoms with Crippen LogP contribution in [0.3, 0.4) is 0 Å². The molecule has 0 saturated heterocycles. The second-order valence-electron chi connectivity index (χ2n) is 3.52. The van der Waals surface area contributed by atoms with Gasteiger partial charge in [-0.3, -0.25) is 0 Å². The van der Waals surface area contributed by atoms with Crippen molar-refractivity contribution in [1.82, 2.24) is 9.97 Å². The summed E-state index contributed by atoms with van der Waals surface area (Å²) in [5.41, 5.74) is 6.96. The van der Waals surface area contributed by atoms with Gasteiger partial charge in [-0.25, -0.2) is 9.37 Å². The lowest BCUT2D eigenvalue weighted by Gasteiger charge is -2.09. The van der Waals surface area contributed by atoms with E-state index >= 15 is 0 Å². The molecule has 88 valence electrons. The molecular formula is C11H10ClFN4. The topological polar surface area (TPSA) is 63.8 Å². The second-order valence-corrected chi connectivity index (χ2v) is 3.91. The van der Waals surface area contributed by atoms with Crippen LogP contribution in [0.2, 0.25) is 5.15 Å². The van der Waals surface area contributed by atoms with Crippen LogP contribution < -0.4 is 11.1 Å². The van der Waals surface area contributed by atoms with Gasteiger partial charge in [0.1, 0.15) is 16.8 Å². The predicted octanol–water partition coefficient (Wildman–Crippen LogP) is 2.90. The Morgan fingerprint density at radius 2 is 2.06 bits per heavy atom. The maximum absolute atomic E-state index is 13.1. The molecule has 4 nitrogen and oxygen atoms in total. The molecule has 0 unspecified atom stereocenters. The maximum atomic E-state index is 13.1. The minimum Gasteiger partial charge on any atom is -0.368 e. The summed E-state index contributed by atoms with van der Waals surface area (Å²) in [5.74, 6) is 0.163. The van der Waals surface area contributed by atoms with Crippen LogP contribution in [0.15, 0.2) is 24.3 Å². The van der Waals surface area contributed by atoms with Gasteiger partial charge < -0.3 is 11.1 Å². The monoisotopic (exact) mass is 252 g/mol. The number of nitrogens with two attached hydrogens (primary N) is 1. The summed E-state index contributed by atoms with van der Waals surface area (Å²) in [6.45, 7) is 1.86. The van der Waals surface area contributed by atoms with Gasteiger partial charge in [-0.05, 0) is 24.6 Å². The number of nitrogens with zero attached hydrogens (tertiary/aromatic N) is 2. The number of aryl methyl sites for hydroxylation is 1. The molecule has 0 aliphatic carbocycles. The first-order valence-corrected chi connectivity index (χ1v) is 5.25. The van der Waals surface area contributed by atoms with Crippen molar-refractivity contribution in [2.45, 2.75) is 6.92 Å². The molecule has 1 aromatic heterocycles. The van der Waals surface area contributed by atoms with E-state index in [4.69, 9.17) is 17.3 Å². The van der Waals surface area contributed by atoms with Crippen LogP contribution in [0.5, 0.6) is 0 Å². The highest BCUT2D eigenvalue weighted by molar-refractivity contribution is 6.29. The van der Waals surface area contributed by atoms with Crippen LogP contribution in [-0.4, -0.2) is 9.97 Å². The standard InChI is InChI=1S/C11H10ClFN4/c1-6-2-3-7(13)4-8(6)15-10-5-9(12)16-11(14)17-10/h2-5H,1H3,(H3,14,15,16,17). The molecule has 2 aromatic rings. The van der Waals surface area contributed by atoms with Crippen LogP contribution in [0.4, 0.5) is 21.8 Å². The van der Waals surface area contributed by atoms with Crippen molar-refractivity contribution in [3.05, 3.63) is 40.8 Å². The van der Waals surface area contributed by atoms with Gasteiger partial charge in [-0.2, -0.15) is 4.98 Å². The molecule has 0 spiro atoms. The van der Waals surface area contributed by atoms with Gasteiger partial charge in [0.15, 0.2) is 0 Å². The molecule has 3 N–H and O–H groups in total. The van der Waals surface area contributed by atoms with Gasteiger partial charge in [-0.15, -0.1) is 0 Å². The van der Waals surface area contributed by atoms with Crippen molar-refractivity contribution in [1.29, 1.82) is 0 Å². The van der Waals surface area contributed by atoms with Gasteiger partial charge >= 0.3 is 0 Å². The Kier molecular flexibility index (Phi) is 3.10. The average molecular weight is 253 g/mol. The minimum absolute atomic E-state index is 0.0639. The fraction of sp³-hybridized carbons (Fsp3) is 0.0909. The second kappa shape index (κ2) is 4.55. The third-order valence-corrected chi connectivity index (χ3v) is 2.37. The first-order chi connectivity index (χ1) is 8.04. The van der Waals surface area contributed by atoms with E-state index in [0.717, 1.165) is 5.56 Å². The first-order valence-electron chi connectivity index (χ1n) is 4.88. The summed E-state index contributed by atoms with van der Waals surface area (Å²) in [6.07, 6.45) is 0. The summed E-state index contributed by atoms with van der Waals surface area (Å²) < 4.78 is 13.1. The van der Waals surface area contributed by atoms with Crippen molar-refractivity contribution in [3.63, 3.8) is 0 Å². The van der Waals surface area contributed by atoms with E-state index in [9.17, 15) is 4.39 Å². The third-order valence-electron chi connectivity index (χ3n) is 2.17. The molecule has 0 radical (unpaired) electrons. The fourth-order valence-electron chi connectivity index (χ4n) is 1.37. The molecule has 0 saturated carbocycles. The van der Waals surface area contributed by atoms with E-state index in [0.29, 0.717) is 11.5 Å². The summed E-state index contributed by atoms with van der Waals surface area (Å²) in [7, 11) is 0. The van der Waals surface area contributed by atoms with Gasteiger partial charge in [0.2, 0.25) is 5.95 Å². The van der Waals surface area contributed by atoms with Crippen LogP contribution in [0, 0.1) is 12.7 Å². The van der Waals surface area contributed by atoms with Gasteiger partial charge in [-0.1, -0.05) is 17.7 Å². The SMILES string of the molecule is Cc1ccc(F)cc1Nc1cc(Cl)nc(N)n1. The number of nitrogens with one attached hydrogen (secondary N) is 1. The molecule has 6 heteroatoms. The highest BCUT2D eigenvalue weighted by Gasteiger charge is 2.04. The molecule has 0 amide bonds. The lowest BCUT2D eigenvalue weighted by atomic mass is 10.2. The molecule has 17 heavy (non-hydrogen) atoms. The average Bonchev–Trinajstić information content (AvgIpc) is 2.22. The van der Waals surface area contributed by atoms with E-state index in [1.165, 1.54) is 18.2 Å². The van der Waals surface area contributed by atoms with Gasteiger partial charge in [0.25, 0.3) is 0 Å². The van der Waals surface area contributed by atoms with E-state index in [2.05, 4.69) is 15.3 Å². The number of aromatic nitrogens is 2. The maximum Gasteiger partial charge on any atom is 0.223 e. The molecule has 1 aromatic carbocycles. The molecule has 2 rings (SSSR count). The number of anilines is 3. The molecule has 1 heterocycles. The lowest BCUT2D eigenvalue weighted by Crippen LogP contribution is -2.01. The van der Waals surface area contributed by atoms with Crippen LogP contribution >= 0.6 is 11.6 Å². The summed E-state index contributed by atoms with van der Waals surface area (Å²) in [6, 6.07) is 5.95. The van der Waals surface area contributed by atoms with Crippen LogP contribution in [0.25, 0.3) is 0 Å². The minimum atomic E-state index is -0.328. The summed E-state index contributed by atoms with van der Waals surface area (Å²) in [4.78, 5) is 7.68. The zero-order valence-corrected chi connectivity index (χ0v) is 9.79. The largest absolute Gasteiger partial charge is 0.368 e. The first kappa shape index (κ1) is 11.6. The van der Waals surface area contributed by atoms with Gasteiger partial charge in [0.05, 0.1) is 0 Å². The Balaban J connectivity index is 2.34. The molecule has 0 aliphatic rings. The van der Waals surface area contributed by atoms with E-state index in [-0.39, 0.29) is 16.9 Å². The van der Waals surface area contributed by atoms with Crippen LogP contribution in [-0.2, 0) is 0 Å². The zero-order chi connectivity index (χ0) is 12.4. The number of nitrogen functional groups attached to an aromatic ring is 1. The molecule has 0 bridgehead atoms. The zero-order valence-electron chi connectivity index (χ0n) is 9.04. The number of benzene rings is 1. The smallest absolute Gasteiger partial charge is 0.223 e. The Labute approximate surface area is 103 Å². The molecule has 0 atom stereocenters. The van der Waals surface area contributed by atoms with E-state index in [1.807, 2.05) is 6.92 Å². The number of halogens is 2. The van der Waals surface area contributed by atoms with E-state index in [1.54, 1.807) is 6.07 Å². The van der Waals surface area contributed by atoms with Crippen molar-refractivity contribution >= 4 is 29.1 Å². The van der Waals surface area contributed by atoms with Gasteiger partial charge in [0, 0.05) is 11.8 Å². The Morgan fingerprint density at radius 3 is 2.76 bits per heavy atom. The van der Waals surface area contributed by atoms with Crippen molar-refractivity contribution in [2.75, 3.05) is 11.1 Å². The Morgan fingerprint density at radius 1 is 1.29 bits per heavy atom. The molecule has 0 aliphatic heterocycles. The van der Waals surface area contributed by atoms with Crippen LogP contribution in [0.1, 0.15) is 5.56 Å². The predicted molar refractivity (Wildman–Crippen MR) is 65.9 cm³/mol. The van der Waals surface area contributed by atoms with E-state index < -0.39 is 0 Å². The third kappa shape index (κ3) is 2.82. The number of rotatable bonds is 2. The summed E-state index contributed by atoms with van der Waals surface area (Å²) >= 11 is 5.74.